The van der Waals surface area contributed by atoms with Gasteiger partial charge in [-0.25, -0.2) is 0 Å². The zero-order valence-electron chi connectivity index (χ0n) is 11.2. The second-order valence-corrected chi connectivity index (χ2v) is 4.17. The van der Waals surface area contributed by atoms with Crippen molar-refractivity contribution in [2.45, 2.75) is 12.8 Å². The summed E-state index contributed by atoms with van der Waals surface area (Å²) in [5, 5.41) is 16.6. The highest BCUT2D eigenvalue weighted by Crippen LogP contribution is 2.26. The number of rotatable bonds is 5. The van der Waals surface area contributed by atoms with Crippen molar-refractivity contribution in [3.63, 3.8) is 0 Å². The van der Waals surface area contributed by atoms with Crippen LogP contribution >= 0.6 is 0 Å². The Morgan fingerprint density at radius 3 is 2.65 bits per heavy atom. The second kappa shape index (κ2) is 6.34. The molecule has 1 heterocycles. The van der Waals surface area contributed by atoms with E-state index in [0.717, 1.165) is 12.1 Å². The number of H-pyrrole nitrogens is 1. The monoisotopic (exact) mass is 330 g/mol. The lowest BCUT2D eigenvalue weighted by Gasteiger charge is -2.12. The zero-order chi connectivity index (χ0) is 17.0. The maximum atomic E-state index is 12.3. The summed E-state index contributed by atoms with van der Waals surface area (Å²) in [6.07, 6.45) is -5.40. The van der Waals surface area contributed by atoms with E-state index in [1.807, 2.05) is 0 Å². The average Bonchev–Trinajstić information content (AvgIpc) is 2.83. The third-order valence-corrected chi connectivity index (χ3v) is 2.43. The van der Waals surface area contributed by atoms with Crippen molar-refractivity contribution in [3.05, 3.63) is 35.7 Å². The average molecular weight is 330 g/mol. The Morgan fingerprint density at radius 1 is 1.30 bits per heavy atom. The van der Waals surface area contributed by atoms with Crippen LogP contribution in [0.3, 0.4) is 0 Å². The van der Waals surface area contributed by atoms with Crippen LogP contribution in [0, 0.1) is 0 Å². The molecular formula is C12H9F3N4O4. The molecule has 1 aromatic carbocycles. The molecule has 0 radical (unpaired) electrons. The number of anilines is 1. The number of carbonyl (C=O) groups excluding carboxylic acids is 1. The summed E-state index contributed by atoms with van der Waals surface area (Å²) < 4.78 is 40.7. The molecule has 0 saturated carbocycles. The maximum absolute atomic E-state index is 12.3. The highest BCUT2D eigenvalue weighted by atomic mass is 19.4. The lowest BCUT2D eigenvalue weighted by molar-refractivity contribution is -0.274. The molecule has 0 saturated heterocycles. The number of ether oxygens (including phenoxy) is 1. The van der Waals surface area contributed by atoms with Crippen LogP contribution in [0.4, 0.5) is 19.1 Å². The molecular weight excluding hydrogens is 321 g/mol. The van der Waals surface area contributed by atoms with E-state index in [1.54, 1.807) is 0 Å². The summed E-state index contributed by atoms with van der Waals surface area (Å²) in [5.41, 5.74) is -0.380. The number of carboxylic acids is 1. The van der Waals surface area contributed by atoms with Gasteiger partial charge in [0.1, 0.15) is 18.0 Å². The van der Waals surface area contributed by atoms with Gasteiger partial charge in [0.05, 0.1) is 5.56 Å². The normalized spacial score (nSPS) is 11.1. The first-order valence-electron chi connectivity index (χ1n) is 6.04. The fourth-order valence-corrected chi connectivity index (χ4v) is 1.61. The number of benzene rings is 1. The summed E-state index contributed by atoms with van der Waals surface area (Å²) in [5.74, 6) is -3.08. The highest BCUT2D eigenvalue weighted by molar-refractivity contribution is 6.05. The van der Waals surface area contributed by atoms with Gasteiger partial charge in [-0.3, -0.25) is 20.0 Å². The Labute approximate surface area is 126 Å². The Bertz CT molecular complexity index is 729. The minimum atomic E-state index is -4.95. The van der Waals surface area contributed by atoms with Gasteiger partial charge in [-0.2, -0.15) is 4.98 Å². The minimum absolute atomic E-state index is 0.0207. The van der Waals surface area contributed by atoms with E-state index in [9.17, 15) is 22.8 Å². The molecule has 1 amide bonds. The number of nitrogens with one attached hydrogen (secondary N) is 2. The first kappa shape index (κ1) is 16.3. The molecule has 0 atom stereocenters. The van der Waals surface area contributed by atoms with Gasteiger partial charge in [-0.15, -0.1) is 18.3 Å². The molecule has 0 unspecified atom stereocenters. The SMILES string of the molecule is O=C(O)Cc1nc(NC(=O)c2ccccc2OC(F)(F)F)n[nH]1. The summed E-state index contributed by atoms with van der Waals surface area (Å²) >= 11 is 0. The Balaban J connectivity index is 2.15. The number of carboxylic acid groups (broad SMARTS) is 1. The number of carbonyl (C=O) groups is 2. The number of hydrogen-bond donors (Lipinski definition) is 3. The first-order chi connectivity index (χ1) is 10.7. The molecule has 8 nitrogen and oxygen atoms in total. The number of hydrogen-bond acceptors (Lipinski definition) is 5. The molecule has 2 rings (SSSR count). The van der Waals surface area contributed by atoms with Crippen molar-refractivity contribution in [2.75, 3.05) is 5.32 Å². The van der Waals surface area contributed by atoms with E-state index in [2.05, 4.69) is 25.2 Å². The lowest BCUT2D eigenvalue weighted by Crippen LogP contribution is -2.21. The number of nitrogens with zero attached hydrogens (tertiary/aromatic N) is 2. The van der Waals surface area contributed by atoms with Gasteiger partial charge >= 0.3 is 12.3 Å². The maximum Gasteiger partial charge on any atom is 0.573 e. The second-order valence-electron chi connectivity index (χ2n) is 4.17. The molecule has 2 aromatic rings. The van der Waals surface area contributed by atoms with Gasteiger partial charge in [-0.05, 0) is 12.1 Å². The predicted molar refractivity (Wildman–Crippen MR) is 68.8 cm³/mol. The molecule has 11 heteroatoms. The number of amides is 1. The quantitative estimate of drug-likeness (QED) is 0.766. The van der Waals surface area contributed by atoms with Crippen molar-refractivity contribution in [3.8, 4) is 5.75 Å². The summed E-state index contributed by atoms with van der Waals surface area (Å²) in [6.45, 7) is 0. The number of alkyl halides is 3. The summed E-state index contributed by atoms with van der Waals surface area (Å²) in [6, 6.07) is 4.74. The van der Waals surface area contributed by atoms with Gasteiger partial charge < -0.3 is 9.84 Å². The molecule has 122 valence electrons. The number of aromatic amines is 1. The van der Waals surface area contributed by atoms with Crippen molar-refractivity contribution < 1.29 is 32.6 Å². The molecule has 0 bridgehead atoms. The van der Waals surface area contributed by atoms with Crippen LogP contribution in [0.1, 0.15) is 16.2 Å². The Kier molecular flexibility index (Phi) is 4.48. The fourth-order valence-electron chi connectivity index (χ4n) is 1.61. The van der Waals surface area contributed by atoms with Crippen LogP contribution in [0.2, 0.25) is 0 Å². The van der Waals surface area contributed by atoms with Crippen LogP contribution in [-0.2, 0) is 11.2 Å². The first-order valence-corrected chi connectivity index (χ1v) is 6.04. The number of aliphatic carboxylic acids is 1. The molecule has 1 aromatic heterocycles. The molecule has 0 spiro atoms. The molecule has 3 N–H and O–H groups in total. The zero-order valence-corrected chi connectivity index (χ0v) is 11.2. The van der Waals surface area contributed by atoms with Crippen LogP contribution in [0.5, 0.6) is 5.75 Å². The molecule has 23 heavy (non-hydrogen) atoms. The summed E-state index contributed by atoms with van der Waals surface area (Å²) in [7, 11) is 0. The fraction of sp³-hybridized carbons (Fsp3) is 0.167. The molecule has 0 fully saturated rings. The third kappa shape index (κ3) is 4.69. The molecule has 0 aliphatic heterocycles. The van der Waals surface area contributed by atoms with Gasteiger partial charge in [0.15, 0.2) is 0 Å². The van der Waals surface area contributed by atoms with E-state index in [0.29, 0.717) is 0 Å². The largest absolute Gasteiger partial charge is 0.573 e. The van der Waals surface area contributed by atoms with E-state index >= 15 is 0 Å². The lowest BCUT2D eigenvalue weighted by atomic mass is 10.2. The molecule has 0 aliphatic rings. The van der Waals surface area contributed by atoms with E-state index < -0.39 is 30.4 Å². The standard InChI is InChI=1S/C12H9F3N4O4/c13-12(14,15)23-7-4-2-1-3-6(7)10(22)17-11-16-8(18-19-11)5-9(20)21/h1-4H,5H2,(H,20,21)(H2,16,17,18,19,22). The predicted octanol–water partition coefficient (Wildman–Crippen LogP) is 1.58. The van der Waals surface area contributed by atoms with Gasteiger partial charge in [0.2, 0.25) is 5.95 Å². The van der Waals surface area contributed by atoms with Crippen LogP contribution < -0.4 is 10.1 Å². The number of aromatic nitrogens is 3. The van der Waals surface area contributed by atoms with Crippen molar-refractivity contribution in [2.24, 2.45) is 0 Å². The van der Waals surface area contributed by atoms with Gasteiger partial charge in [0, 0.05) is 0 Å². The van der Waals surface area contributed by atoms with E-state index in [4.69, 9.17) is 5.11 Å². The Morgan fingerprint density at radius 2 is 2.00 bits per heavy atom. The smallest absolute Gasteiger partial charge is 0.481 e. The van der Waals surface area contributed by atoms with E-state index in [1.165, 1.54) is 12.1 Å². The summed E-state index contributed by atoms with van der Waals surface area (Å²) in [4.78, 5) is 26.2. The van der Waals surface area contributed by atoms with Crippen LogP contribution in [-0.4, -0.2) is 38.5 Å². The van der Waals surface area contributed by atoms with Crippen molar-refractivity contribution >= 4 is 17.8 Å². The number of halogens is 3. The van der Waals surface area contributed by atoms with Crippen molar-refractivity contribution in [1.82, 2.24) is 15.2 Å². The number of para-hydroxylation sites is 1. The van der Waals surface area contributed by atoms with Crippen LogP contribution in [0.25, 0.3) is 0 Å². The van der Waals surface area contributed by atoms with E-state index in [-0.39, 0.29) is 17.3 Å². The van der Waals surface area contributed by atoms with Gasteiger partial charge in [0.25, 0.3) is 5.91 Å². The topological polar surface area (TPSA) is 117 Å². The van der Waals surface area contributed by atoms with Crippen LogP contribution in [0.15, 0.2) is 24.3 Å². The highest BCUT2D eigenvalue weighted by Gasteiger charge is 2.33. The molecule has 0 aliphatic carbocycles. The minimum Gasteiger partial charge on any atom is -0.481 e. The Hall–Kier alpha value is -3.11. The van der Waals surface area contributed by atoms with Gasteiger partial charge in [-0.1, -0.05) is 12.1 Å². The van der Waals surface area contributed by atoms with Crippen molar-refractivity contribution in [1.29, 1.82) is 0 Å². The third-order valence-electron chi connectivity index (χ3n) is 2.43.